The zero-order valence-corrected chi connectivity index (χ0v) is 14.0. The van der Waals surface area contributed by atoms with E-state index in [1.165, 1.54) is 12.5 Å². The highest BCUT2D eigenvalue weighted by Gasteiger charge is 2.39. The Hall–Kier alpha value is -2.64. The number of oxazole rings is 1. The third-order valence-electron chi connectivity index (χ3n) is 4.54. The molecule has 1 atom stereocenters. The van der Waals surface area contributed by atoms with Gasteiger partial charge in [-0.15, -0.1) is 0 Å². The van der Waals surface area contributed by atoms with Crippen molar-refractivity contribution in [3.63, 3.8) is 0 Å². The van der Waals surface area contributed by atoms with E-state index in [4.69, 9.17) is 4.42 Å². The molecule has 128 valence electrons. The van der Waals surface area contributed by atoms with E-state index in [0.717, 1.165) is 18.5 Å². The minimum Gasteiger partial charge on any atom is -0.448 e. The number of carbonyl (C=O) groups excluding carboxylic acids is 2. The SMILES string of the molecule is CNC(=O)c1cn[nH]c1[C@@]1(C)CCCN(C(=O)c2coc(C)n2)C1. The summed E-state index contributed by atoms with van der Waals surface area (Å²) in [6.45, 7) is 4.89. The average molecular weight is 331 g/mol. The molecule has 0 aromatic carbocycles. The monoisotopic (exact) mass is 331 g/mol. The number of amides is 2. The Bertz CT molecular complexity index is 765. The van der Waals surface area contributed by atoms with Crippen molar-refractivity contribution >= 4 is 11.8 Å². The van der Waals surface area contributed by atoms with Crippen LogP contribution in [0.15, 0.2) is 16.9 Å². The molecule has 2 aromatic rings. The number of likely N-dealkylation sites (tertiary alicyclic amines) is 1. The summed E-state index contributed by atoms with van der Waals surface area (Å²) in [7, 11) is 1.59. The molecule has 0 spiro atoms. The molecular formula is C16H21N5O3. The number of H-pyrrole nitrogens is 1. The average Bonchev–Trinajstić information content (AvgIpc) is 3.22. The van der Waals surface area contributed by atoms with Gasteiger partial charge < -0.3 is 14.6 Å². The Balaban J connectivity index is 1.86. The van der Waals surface area contributed by atoms with Crippen molar-refractivity contribution in [2.75, 3.05) is 20.1 Å². The number of aryl methyl sites for hydroxylation is 1. The van der Waals surface area contributed by atoms with Gasteiger partial charge in [0.1, 0.15) is 6.26 Å². The molecule has 2 aromatic heterocycles. The first-order valence-corrected chi connectivity index (χ1v) is 7.92. The van der Waals surface area contributed by atoms with Crippen molar-refractivity contribution in [1.29, 1.82) is 0 Å². The van der Waals surface area contributed by atoms with E-state index >= 15 is 0 Å². The molecular weight excluding hydrogens is 310 g/mol. The molecule has 1 aliphatic heterocycles. The Morgan fingerprint density at radius 2 is 2.25 bits per heavy atom. The number of hydrogen-bond donors (Lipinski definition) is 2. The maximum absolute atomic E-state index is 12.6. The number of piperidine rings is 1. The van der Waals surface area contributed by atoms with Gasteiger partial charge in [0.2, 0.25) is 0 Å². The predicted molar refractivity (Wildman–Crippen MR) is 85.7 cm³/mol. The lowest BCUT2D eigenvalue weighted by atomic mass is 9.77. The van der Waals surface area contributed by atoms with Gasteiger partial charge in [-0.2, -0.15) is 5.10 Å². The van der Waals surface area contributed by atoms with Gasteiger partial charge in [0.15, 0.2) is 11.6 Å². The Morgan fingerprint density at radius 1 is 1.46 bits per heavy atom. The number of nitrogens with zero attached hydrogens (tertiary/aromatic N) is 3. The van der Waals surface area contributed by atoms with Crippen molar-refractivity contribution in [1.82, 2.24) is 25.4 Å². The lowest BCUT2D eigenvalue weighted by Gasteiger charge is -2.40. The fraction of sp³-hybridized carbons (Fsp3) is 0.500. The Labute approximate surface area is 139 Å². The summed E-state index contributed by atoms with van der Waals surface area (Å²) in [6.07, 6.45) is 4.61. The van der Waals surface area contributed by atoms with Crippen LogP contribution in [0.25, 0.3) is 0 Å². The van der Waals surface area contributed by atoms with E-state index in [1.54, 1.807) is 18.9 Å². The summed E-state index contributed by atoms with van der Waals surface area (Å²) >= 11 is 0. The van der Waals surface area contributed by atoms with E-state index in [0.29, 0.717) is 30.2 Å². The van der Waals surface area contributed by atoms with E-state index in [1.807, 2.05) is 6.92 Å². The van der Waals surface area contributed by atoms with Crippen LogP contribution in [0, 0.1) is 6.92 Å². The normalized spacial score (nSPS) is 20.9. The van der Waals surface area contributed by atoms with Gasteiger partial charge in [-0.25, -0.2) is 4.98 Å². The van der Waals surface area contributed by atoms with Gasteiger partial charge in [-0.1, -0.05) is 6.92 Å². The molecule has 3 rings (SSSR count). The second kappa shape index (κ2) is 6.10. The summed E-state index contributed by atoms with van der Waals surface area (Å²) in [4.78, 5) is 30.6. The van der Waals surface area contributed by atoms with Crippen molar-refractivity contribution in [2.24, 2.45) is 0 Å². The van der Waals surface area contributed by atoms with Crippen LogP contribution >= 0.6 is 0 Å². The maximum atomic E-state index is 12.6. The molecule has 0 aliphatic carbocycles. The van der Waals surface area contributed by atoms with Gasteiger partial charge in [0.05, 0.1) is 17.5 Å². The zero-order chi connectivity index (χ0) is 17.3. The van der Waals surface area contributed by atoms with Crippen LogP contribution in [-0.4, -0.2) is 52.0 Å². The molecule has 2 amide bonds. The third-order valence-corrected chi connectivity index (χ3v) is 4.54. The molecule has 24 heavy (non-hydrogen) atoms. The molecule has 0 saturated carbocycles. The summed E-state index contributed by atoms with van der Waals surface area (Å²) in [5.74, 6) is 0.128. The van der Waals surface area contributed by atoms with Crippen LogP contribution in [0.1, 0.15) is 52.2 Å². The van der Waals surface area contributed by atoms with E-state index < -0.39 is 0 Å². The van der Waals surface area contributed by atoms with Gasteiger partial charge in [0.25, 0.3) is 11.8 Å². The van der Waals surface area contributed by atoms with Crippen LogP contribution in [0.4, 0.5) is 0 Å². The molecule has 1 saturated heterocycles. The zero-order valence-electron chi connectivity index (χ0n) is 14.0. The van der Waals surface area contributed by atoms with E-state index in [9.17, 15) is 9.59 Å². The largest absolute Gasteiger partial charge is 0.448 e. The lowest BCUT2D eigenvalue weighted by molar-refractivity contribution is 0.0641. The number of aromatic nitrogens is 3. The number of carbonyl (C=O) groups is 2. The standard InChI is InChI=1S/C16H21N5O3/c1-10-19-12(8-24-10)15(23)21-6-4-5-16(2,9-21)13-11(7-18-20-13)14(22)17-3/h7-8H,4-6,9H2,1-3H3,(H,17,22)(H,18,20)/t16-/m0/s1. The van der Waals surface area contributed by atoms with Crippen LogP contribution < -0.4 is 5.32 Å². The van der Waals surface area contributed by atoms with E-state index in [2.05, 4.69) is 20.5 Å². The number of aromatic amines is 1. The van der Waals surface area contributed by atoms with Crippen LogP contribution in [-0.2, 0) is 5.41 Å². The fourth-order valence-electron chi connectivity index (χ4n) is 3.29. The molecule has 1 aliphatic rings. The first-order chi connectivity index (χ1) is 11.4. The maximum Gasteiger partial charge on any atom is 0.275 e. The van der Waals surface area contributed by atoms with E-state index in [-0.39, 0.29) is 17.2 Å². The Morgan fingerprint density at radius 3 is 2.92 bits per heavy atom. The highest BCUT2D eigenvalue weighted by atomic mass is 16.3. The molecule has 8 heteroatoms. The van der Waals surface area contributed by atoms with Crippen molar-refractivity contribution in [2.45, 2.75) is 32.1 Å². The predicted octanol–water partition coefficient (Wildman–Crippen LogP) is 1.26. The summed E-state index contributed by atoms with van der Waals surface area (Å²) < 4.78 is 5.14. The van der Waals surface area contributed by atoms with Gasteiger partial charge >= 0.3 is 0 Å². The third kappa shape index (κ3) is 2.79. The molecule has 2 N–H and O–H groups in total. The summed E-state index contributed by atoms with van der Waals surface area (Å²) in [5, 5.41) is 9.60. The second-order valence-electron chi connectivity index (χ2n) is 6.38. The van der Waals surface area contributed by atoms with Gasteiger partial charge in [-0.3, -0.25) is 14.7 Å². The number of rotatable bonds is 3. The smallest absolute Gasteiger partial charge is 0.275 e. The van der Waals surface area contributed by atoms with Gasteiger partial charge in [0, 0.05) is 32.5 Å². The topological polar surface area (TPSA) is 104 Å². The Kier molecular flexibility index (Phi) is 4.13. The highest BCUT2D eigenvalue weighted by molar-refractivity contribution is 5.95. The molecule has 3 heterocycles. The highest BCUT2D eigenvalue weighted by Crippen LogP contribution is 2.34. The number of nitrogens with one attached hydrogen (secondary N) is 2. The van der Waals surface area contributed by atoms with Crippen molar-refractivity contribution < 1.29 is 14.0 Å². The first-order valence-electron chi connectivity index (χ1n) is 7.92. The van der Waals surface area contributed by atoms with Crippen LogP contribution in [0.5, 0.6) is 0 Å². The van der Waals surface area contributed by atoms with Crippen molar-refractivity contribution in [3.8, 4) is 0 Å². The first kappa shape index (κ1) is 16.2. The molecule has 0 unspecified atom stereocenters. The summed E-state index contributed by atoms with van der Waals surface area (Å²) in [5.41, 5.74) is 1.22. The quantitative estimate of drug-likeness (QED) is 0.881. The minimum atomic E-state index is -0.370. The second-order valence-corrected chi connectivity index (χ2v) is 6.38. The number of hydrogen-bond acceptors (Lipinski definition) is 5. The van der Waals surface area contributed by atoms with Crippen LogP contribution in [0.2, 0.25) is 0 Å². The minimum absolute atomic E-state index is 0.154. The van der Waals surface area contributed by atoms with Crippen LogP contribution in [0.3, 0.4) is 0 Å². The molecule has 0 radical (unpaired) electrons. The fourth-order valence-corrected chi connectivity index (χ4v) is 3.29. The molecule has 0 bridgehead atoms. The summed E-state index contributed by atoms with van der Waals surface area (Å²) in [6, 6.07) is 0. The lowest BCUT2D eigenvalue weighted by Crippen LogP contribution is -2.48. The molecule has 8 nitrogen and oxygen atoms in total. The molecule has 1 fully saturated rings. The van der Waals surface area contributed by atoms with Gasteiger partial charge in [-0.05, 0) is 12.8 Å². The van der Waals surface area contributed by atoms with Crippen molar-refractivity contribution in [3.05, 3.63) is 35.3 Å².